The van der Waals surface area contributed by atoms with Crippen LogP contribution in [-0.4, -0.2) is 59.3 Å². The van der Waals surface area contributed by atoms with Gasteiger partial charge in [-0.1, -0.05) is 24.3 Å². The summed E-state index contributed by atoms with van der Waals surface area (Å²) in [5.74, 6) is -0.210. The minimum atomic E-state index is -0.527. The number of hydrogen-bond donors (Lipinski definition) is 1. The topological polar surface area (TPSA) is 74.8 Å². The molecular formula is C28H29FN4O3. The number of amides is 2. The van der Waals surface area contributed by atoms with Crippen LogP contribution in [0.15, 0.2) is 67.0 Å². The van der Waals surface area contributed by atoms with E-state index < -0.39 is 5.82 Å². The number of hydrogen-bond acceptors (Lipinski definition) is 5. The molecule has 36 heavy (non-hydrogen) atoms. The third kappa shape index (κ3) is 6.55. The molecule has 0 bridgehead atoms. The van der Waals surface area contributed by atoms with Crippen molar-refractivity contribution in [3.63, 3.8) is 0 Å². The van der Waals surface area contributed by atoms with Gasteiger partial charge in [-0.15, -0.1) is 0 Å². The summed E-state index contributed by atoms with van der Waals surface area (Å²) in [5, 5.41) is 3.01. The number of pyridine rings is 1. The fourth-order valence-electron chi connectivity index (χ4n) is 4.03. The van der Waals surface area contributed by atoms with Crippen molar-refractivity contribution in [1.82, 2.24) is 14.8 Å². The number of para-hydroxylation sites is 1. The number of rotatable bonds is 7. The molecule has 186 valence electrons. The third-order valence-electron chi connectivity index (χ3n) is 6.03. The smallest absolute Gasteiger partial charge is 0.246 e. The molecule has 3 aromatic rings. The average molecular weight is 489 g/mol. The van der Waals surface area contributed by atoms with E-state index in [9.17, 15) is 14.0 Å². The number of nitrogens with zero attached hydrogens (tertiary/aromatic N) is 3. The van der Waals surface area contributed by atoms with E-state index in [0.717, 1.165) is 16.8 Å². The summed E-state index contributed by atoms with van der Waals surface area (Å²) in [4.78, 5) is 32.9. The first kappa shape index (κ1) is 25.1. The van der Waals surface area contributed by atoms with Crippen molar-refractivity contribution < 1.29 is 18.7 Å². The standard InChI is InChI=1S/C28H29FN4O3/c1-20-5-3-6-21(2)28(20)31-26(34)19-32-13-15-33(16-14-32)27(35)11-9-22-8-10-25(24(29)17-22)36-23-7-4-12-30-18-23/h3-12,17-18H,13-16,19H2,1-2H3,(H,31,34)/b11-9+. The maximum atomic E-state index is 14.4. The van der Waals surface area contributed by atoms with Crippen LogP contribution in [0, 0.1) is 19.7 Å². The van der Waals surface area contributed by atoms with Gasteiger partial charge in [-0.2, -0.15) is 0 Å². The number of carbonyl (C=O) groups excluding carboxylic acids is 2. The van der Waals surface area contributed by atoms with Crippen LogP contribution < -0.4 is 10.1 Å². The van der Waals surface area contributed by atoms with E-state index in [1.165, 1.54) is 24.4 Å². The fraction of sp³-hybridized carbons (Fsp3) is 0.250. The van der Waals surface area contributed by atoms with Gasteiger partial charge in [-0.05, 0) is 60.9 Å². The lowest BCUT2D eigenvalue weighted by atomic mass is 10.1. The molecule has 0 aliphatic carbocycles. The van der Waals surface area contributed by atoms with E-state index in [1.54, 1.807) is 35.4 Å². The molecule has 2 aromatic carbocycles. The Morgan fingerprint density at radius 1 is 1.06 bits per heavy atom. The van der Waals surface area contributed by atoms with Crippen LogP contribution in [0.25, 0.3) is 6.08 Å². The molecule has 0 spiro atoms. The van der Waals surface area contributed by atoms with Crippen molar-refractivity contribution in [2.24, 2.45) is 0 Å². The SMILES string of the molecule is Cc1cccc(C)c1NC(=O)CN1CCN(C(=O)/C=C/c2ccc(Oc3cccnc3)c(F)c2)CC1. The zero-order valence-corrected chi connectivity index (χ0v) is 20.4. The van der Waals surface area contributed by atoms with Crippen molar-refractivity contribution in [2.75, 3.05) is 38.0 Å². The van der Waals surface area contributed by atoms with Gasteiger partial charge in [0.15, 0.2) is 11.6 Å². The molecule has 7 nitrogen and oxygen atoms in total. The predicted octanol–water partition coefficient (Wildman–Crippen LogP) is 4.43. The van der Waals surface area contributed by atoms with E-state index in [4.69, 9.17) is 4.74 Å². The van der Waals surface area contributed by atoms with E-state index in [2.05, 4.69) is 10.3 Å². The van der Waals surface area contributed by atoms with Crippen LogP contribution in [-0.2, 0) is 9.59 Å². The van der Waals surface area contributed by atoms with Crippen molar-refractivity contribution in [3.8, 4) is 11.5 Å². The molecule has 1 aliphatic rings. The summed E-state index contributed by atoms with van der Waals surface area (Å²) in [6.07, 6.45) is 6.14. The molecule has 1 fully saturated rings. The van der Waals surface area contributed by atoms with Crippen LogP contribution in [0.1, 0.15) is 16.7 Å². The van der Waals surface area contributed by atoms with Crippen LogP contribution in [0.3, 0.4) is 0 Å². The summed E-state index contributed by atoms with van der Waals surface area (Å²) in [6.45, 7) is 6.47. The Hall–Kier alpha value is -4.04. The molecule has 1 N–H and O–H groups in total. The normalized spacial score (nSPS) is 14.1. The number of aromatic nitrogens is 1. The highest BCUT2D eigenvalue weighted by Gasteiger charge is 2.21. The molecule has 1 saturated heterocycles. The minimum Gasteiger partial charge on any atom is -0.453 e. The van der Waals surface area contributed by atoms with E-state index in [0.29, 0.717) is 37.5 Å². The van der Waals surface area contributed by atoms with Crippen molar-refractivity contribution in [2.45, 2.75) is 13.8 Å². The fourth-order valence-corrected chi connectivity index (χ4v) is 4.03. The summed E-state index contributed by atoms with van der Waals surface area (Å²) in [6, 6.07) is 13.8. The Morgan fingerprint density at radius 3 is 2.47 bits per heavy atom. The monoisotopic (exact) mass is 488 g/mol. The third-order valence-corrected chi connectivity index (χ3v) is 6.03. The van der Waals surface area contributed by atoms with Crippen LogP contribution in [0.5, 0.6) is 11.5 Å². The van der Waals surface area contributed by atoms with Gasteiger partial charge in [-0.3, -0.25) is 19.5 Å². The highest BCUT2D eigenvalue weighted by atomic mass is 19.1. The van der Waals surface area contributed by atoms with E-state index >= 15 is 0 Å². The minimum absolute atomic E-state index is 0.0648. The zero-order valence-electron chi connectivity index (χ0n) is 20.4. The Bertz CT molecular complexity index is 1230. The number of halogens is 1. The van der Waals surface area contributed by atoms with Gasteiger partial charge >= 0.3 is 0 Å². The summed E-state index contributed by atoms with van der Waals surface area (Å²) in [7, 11) is 0. The Kier molecular flexibility index (Phi) is 8.07. The van der Waals surface area contributed by atoms with Gasteiger partial charge in [0.1, 0.15) is 5.75 Å². The summed E-state index contributed by atoms with van der Waals surface area (Å²) < 4.78 is 19.9. The number of benzene rings is 2. The zero-order chi connectivity index (χ0) is 25.5. The van der Waals surface area contributed by atoms with Crippen molar-refractivity contribution >= 4 is 23.6 Å². The lowest BCUT2D eigenvalue weighted by Gasteiger charge is -2.33. The van der Waals surface area contributed by atoms with Gasteiger partial charge in [-0.25, -0.2) is 4.39 Å². The second-order valence-electron chi connectivity index (χ2n) is 8.73. The van der Waals surface area contributed by atoms with E-state index in [1.807, 2.05) is 36.9 Å². The molecule has 0 radical (unpaired) electrons. The second kappa shape index (κ2) is 11.6. The highest BCUT2D eigenvalue weighted by molar-refractivity contribution is 5.94. The van der Waals surface area contributed by atoms with Gasteiger partial charge in [0.25, 0.3) is 0 Å². The summed E-state index contributed by atoms with van der Waals surface area (Å²) in [5.41, 5.74) is 3.47. The lowest BCUT2D eigenvalue weighted by molar-refractivity contribution is -0.127. The largest absolute Gasteiger partial charge is 0.453 e. The highest BCUT2D eigenvalue weighted by Crippen LogP contribution is 2.25. The second-order valence-corrected chi connectivity index (χ2v) is 8.73. The first-order valence-corrected chi connectivity index (χ1v) is 11.8. The van der Waals surface area contributed by atoms with Gasteiger partial charge in [0, 0.05) is 44.1 Å². The van der Waals surface area contributed by atoms with Crippen LogP contribution >= 0.6 is 0 Å². The molecule has 0 saturated carbocycles. The Labute approximate surface area is 210 Å². The number of piperazine rings is 1. The molecule has 0 atom stereocenters. The molecule has 1 aromatic heterocycles. The van der Waals surface area contributed by atoms with E-state index in [-0.39, 0.29) is 24.1 Å². The van der Waals surface area contributed by atoms with Crippen LogP contribution in [0.4, 0.5) is 10.1 Å². The molecule has 2 amide bonds. The lowest BCUT2D eigenvalue weighted by Crippen LogP contribution is -2.50. The first-order chi connectivity index (χ1) is 17.4. The maximum Gasteiger partial charge on any atom is 0.246 e. The van der Waals surface area contributed by atoms with Crippen molar-refractivity contribution in [3.05, 3.63) is 89.5 Å². The first-order valence-electron chi connectivity index (χ1n) is 11.8. The quantitative estimate of drug-likeness (QED) is 0.498. The summed E-state index contributed by atoms with van der Waals surface area (Å²) >= 11 is 0. The Morgan fingerprint density at radius 2 is 1.81 bits per heavy atom. The maximum absolute atomic E-state index is 14.4. The number of ether oxygens (including phenoxy) is 1. The number of aryl methyl sites for hydroxylation is 2. The van der Waals surface area contributed by atoms with Gasteiger partial charge in [0.05, 0.1) is 12.7 Å². The van der Waals surface area contributed by atoms with Crippen molar-refractivity contribution in [1.29, 1.82) is 0 Å². The predicted molar refractivity (Wildman–Crippen MR) is 137 cm³/mol. The Balaban J connectivity index is 1.25. The van der Waals surface area contributed by atoms with Crippen LogP contribution in [0.2, 0.25) is 0 Å². The molecule has 0 unspecified atom stereocenters. The molecule has 8 heteroatoms. The molecular weight excluding hydrogens is 459 g/mol. The van der Waals surface area contributed by atoms with Gasteiger partial charge in [0.2, 0.25) is 11.8 Å². The average Bonchev–Trinajstić information content (AvgIpc) is 2.87. The number of anilines is 1. The van der Waals surface area contributed by atoms with Gasteiger partial charge < -0.3 is 15.0 Å². The molecule has 2 heterocycles. The molecule has 4 rings (SSSR count). The number of nitrogens with one attached hydrogen (secondary N) is 1. The number of carbonyl (C=O) groups is 2. The molecule has 1 aliphatic heterocycles.